The lowest BCUT2D eigenvalue weighted by molar-refractivity contribution is 0.0515. The van der Waals surface area contributed by atoms with E-state index in [1.807, 2.05) is 20.8 Å². The maximum Gasteiger partial charge on any atom is 0.474 e. The van der Waals surface area contributed by atoms with Gasteiger partial charge < -0.3 is 42.6 Å². The summed E-state index contributed by atoms with van der Waals surface area (Å²) in [5, 5.41) is 0. The second-order valence-corrected chi connectivity index (χ2v) is 12.1. The van der Waals surface area contributed by atoms with Crippen molar-refractivity contribution in [2.45, 2.75) is 78.6 Å². The van der Waals surface area contributed by atoms with Crippen LogP contribution in [0, 0.1) is 0 Å². The van der Waals surface area contributed by atoms with Crippen molar-refractivity contribution in [3.8, 4) is 0 Å². The molecule has 0 unspecified atom stereocenters. The van der Waals surface area contributed by atoms with Gasteiger partial charge in [-0.3, -0.25) is 13.6 Å². The van der Waals surface area contributed by atoms with Gasteiger partial charge in [0.2, 0.25) is 0 Å². The third-order valence-electron chi connectivity index (χ3n) is 6.12. The Balaban J connectivity index is 4.08. The van der Waals surface area contributed by atoms with E-state index in [4.69, 9.17) is 56.2 Å². The lowest BCUT2D eigenvalue weighted by Gasteiger charge is -2.18. The van der Waals surface area contributed by atoms with Gasteiger partial charge in [-0.25, -0.2) is 4.57 Å². The topological polar surface area (TPSA) is 128 Å². The van der Waals surface area contributed by atoms with Gasteiger partial charge in [-0.15, -0.1) is 0 Å². The monoisotopic (exact) mass is 704 g/mol. The van der Waals surface area contributed by atoms with Gasteiger partial charge in [0, 0.05) is 119 Å². The summed E-state index contributed by atoms with van der Waals surface area (Å²) in [6.45, 7) is 18.2. The zero-order chi connectivity index (χ0) is 34.2. The van der Waals surface area contributed by atoms with Gasteiger partial charge in [0.15, 0.2) is 0 Å². The van der Waals surface area contributed by atoms with Gasteiger partial charge in [-0.1, -0.05) is 0 Å². The highest BCUT2D eigenvalue weighted by Crippen LogP contribution is 2.49. The van der Waals surface area contributed by atoms with Crippen molar-refractivity contribution in [1.29, 1.82) is 0 Å². The van der Waals surface area contributed by atoms with Gasteiger partial charge >= 0.3 is 7.82 Å². The average molecular weight is 705 g/mol. The number of hydrogen-bond acceptors (Lipinski definition) is 13. The highest BCUT2D eigenvalue weighted by atomic mass is 31.2. The minimum atomic E-state index is -3.72. The summed E-state index contributed by atoms with van der Waals surface area (Å²) in [5.74, 6) is 0. The fourth-order valence-corrected chi connectivity index (χ4v) is 5.03. The molecule has 0 bridgehead atoms. The zero-order valence-corrected chi connectivity index (χ0v) is 30.9. The molecule has 0 aliphatic rings. The van der Waals surface area contributed by atoms with Gasteiger partial charge in [0.1, 0.15) is 0 Å². The minimum Gasteiger partial charge on any atom is -0.382 e. The summed E-state index contributed by atoms with van der Waals surface area (Å²) in [5.41, 5.74) is 0. The van der Waals surface area contributed by atoms with E-state index in [2.05, 4.69) is 0 Å². The zero-order valence-electron chi connectivity index (χ0n) is 30.0. The van der Waals surface area contributed by atoms with Crippen LogP contribution in [-0.2, 0) is 60.8 Å². The molecule has 0 aromatic carbocycles. The Morgan fingerprint density at radius 3 is 0.638 bits per heavy atom. The van der Waals surface area contributed by atoms with Crippen LogP contribution < -0.4 is 0 Å². The molecule has 14 heteroatoms. The fourth-order valence-electron chi connectivity index (χ4n) is 3.75. The van der Waals surface area contributed by atoms with Crippen molar-refractivity contribution in [3.05, 3.63) is 0 Å². The third kappa shape index (κ3) is 38.4. The van der Waals surface area contributed by atoms with E-state index in [0.29, 0.717) is 98.5 Å². The first kappa shape index (κ1) is 46.8. The quantitative estimate of drug-likeness (QED) is 0.0556. The predicted molar refractivity (Wildman–Crippen MR) is 181 cm³/mol. The maximum atomic E-state index is 13.3. The van der Waals surface area contributed by atoms with E-state index in [9.17, 15) is 4.57 Å². The molecular formula is C33H69O13P. The molecule has 0 heterocycles. The number of rotatable bonds is 42. The summed E-state index contributed by atoms with van der Waals surface area (Å²) in [7, 11) is -3.72. The van der Waals surface area contributed by atoms with Crippen LogP contribution in [0.2, 0.25) is 0 Å². The van der Waals surface area contributed by atoms with E-state index >= 15 is 0 Å². The normalized spacial score (nSPS) is 12.0. The Labute approximate surface area is 285 Å². The SMILES string of the molecule is CCOCCCOCCCOCCCOP(=O)(OCCCOCCCOCCCOCC)OCCCOCCCOCCCOCC. The van der Waals surface area contributed by atoms with Crippen LogP contribution in [0.15, 0.2) is 0 Å². The van der Waals surface area contributed by atoms with Crippen molar-refractivity contribution in [2.24, 2.45) is 0 Å². The van der Waals surface area contributed by atoms with Crippen LogP contribution in [0.25, 0.3) is 0 Å². The number of phosphoric ester groups is 1. The van der Waals surface area contributed by atoms with Gasteiger partial charge in [-0.05, 0) is 78.6 Å². The molecular weight excluding hydrogens is 635 g/mol. The molecule has 0 aromatic rings. The van der Waals surface area contributed by atoms with E-state index in [-0.39, 0.29) is 19.8 Å². The Morgan fingerprint density at radius 1 is 0.277 bits per heavy atom. The van der Waals surface area contributed by atoms with Crippen LogP contribution in [-0.4, -0.2) is 139 Å². The number of phosphoric acid groups is 1. The molecule has 0 radical (unpaired) electrons. The minimum absolute atomic E-state index is 0.202. The first-order chi connectivity index (χ1) is 23.2. The van der Waals surface area contributed by atoms with E-state index in [1.54, 1.807) is 0 Å². The number of hydrogen-bond donors (Lipinski definition) is 0. The van der Waals surface area contributed by atoms with Gasteiger partial charge in [0.25, 0.3) is 0 Å². The second kappa shape index (κ2) is 40.2. The van der Waals surface area contributed by atoms with Crippen LogP contribution in [0.5, 0.6) is 0 Å². The van der Waals surface area contributed by atoms with Crippen LogP contribution >= 0.6 is 7.82 Å². The van der Waals surface area contributed by atoms with Gasteiger partial charge in [-0.2, -0.15) is 0 Å². The molecule has 0 atom stereocenters. The van der Waals surface area contributed by atoms with Crippen LogP contribution in [0.4, 0.5) is 0 Å². The molecule has 284 valence electrons. The molecule has 0 aromatic heterocycles. The predicted octanol–water partition coefficient (Wildman–Crippen LogP) is 5.86. The maximum absolute atomic E-state index is 13.3. The number of ether oxygens (including phenoxy) is 9. The molecule has 0 saturated carbocycles. The summed E-state index contributed by atoms with van der Waals surface area (Å²) in [6, 6.07) is 0. The van der Waals surface area contributed by atoms with Crippen LogP contribution in [0.1, 0.15) is 78.6 Å². The second-order valence-electron chi connectivity index (χ2n) is 10.4. The Hall–Kier alpha value is -0.250. The fraction of sp³-hybridized carbons (Fsp3) is 1.00. The molecule has 0 aliphatic heterocycles. The molecule has 0 N–H and O–H groups in total. The summed E-state index contributed by atoms with van der Waals surface area (Å²) >= 11 is 0. The largest absolute Gasteiger partial charge is 0.474 e. The molecule has 0 amide bonds. The lowest BCUT2D eigenvalue weighted by Crippen LogP contribution is -2.10. The van der Waals surface area contributed by atoms with E-state index in [0.717, 1.165) is 78.2 Å². The Kier molecular flexibility index (Phi) is 40.0. The molecule has 0 aliphatic carbocycles. The van der Waals surface area contributed by atoms with Crippen LogP contribution in [0.3, 0.4) is 0 Å². The van der Waals surface area contributed by atoms with E-state index in [1.165, 1.54) is 0 Å². The standard InChI is InChI=1S/C33H69O13P/c1-4-35-16-7-19-38-22-10-25-41-28-13-31-44-47(34,45-32-14-29-42-26-11-23-39-20-8-17-36-5-2)46-33-15-30-43-27-12-24-40-21-9-18-37-6-3/h4-33H2,1-3H3. The first-order valence-electron chi connectivity index (χ1n) is 17.9. The van der Waals surface area contributed by atoms with Crippen molar-refractivity contribution in [1.82, 2.24) is 0 Å². The first-order valence-corrected chi connectivity index (χ1v) is 19.4. The van der Waals surface area contributed by atoms with E-state index < -0.39 is 7.82 Å². The van der Waals surface area contributed by atoms with Crippen molar-refractivity contribution in [3.63, 3.8) is 0 Å². The molecule has 0 spiro atoms. The van der Waals surface area contributed by atoms with Crippen molar-refractivity contribution in [2.75, 3.05) is 139 Å². The summed E-state index contributed by atoms with van der Waals surface area (Å²) < 4.78 is 79.5. The Bertz CT molecular complexity index is 553. The molecule has 0 fully saturated rings. The highest BCUT2D eigenvalue weighted by Gasteiger charge is 2.26. The smallest absolute Gasteiger partial charge is 0.382 e. The van der Waals surface area contributed by atoms with Crippen molar-refractivity contribution < 1.29 is 60.8 Å². The molecule has 0 rings (SSSR count). The molecule has 47 heavy (non-hydrogen) atoms. The molecule has 13 nitrogen and oxygen atoms in total. The molecule has 0 saturated heterocycles. The average Bonchev–Trinajstić information content (AvgIpc) is 3.07. The summed E-state index contributed by atoms with van der Waals surface area (Å²) in [4.78, 5) is 0. The third-order valence-corrected chi connectivity index (χ3v) is 7.62. The highest BCUT2D eigenvalue weighted by molar-refractivity contribution is 7.48. The Morgan fingerprint density at radius 2 is 0.447 bits per heavy atom. The van der Waals surface area contributed by atoms with Gasteiger partial charge in [0.05, 0.1) is 19.8 Å². The lowest BCUT2D eigenvalue weighted by atomic mass is 10.4. The summed E-state index contributed by atoms with van der Waals surface area (Å²) in [6.07, 6.45) is 6.83. The van der Waals surface area contributed by atoms with Crippen molar-refractivity contribution >= 4 is 7.82 Å².